The number of carbonyl (C=O) groups is 1. The van der Waals surface area contributed by atoms with Gasteiger partial charge in [0.05, 0.1) is 18.1 Å². The van der Waals surface area contributed by atoms with Gasteiger partial charge in [0, 0.05) is 22.9 Å². The number of fused-ring (bicyclic) bond motifs is 1. The molecule has 1 atom stereocenters. The number of anilines is 2. The van der Waals surface area contributed by atoms with Crippen LogP contribution in [0.2, 0.25) is 0 Å². The van der Waals surface area contributed by atoms with Crippen LogP contribution >= 0.6 is 0 Å². The fourth-order valence-corrected chi connectivity index (χ4v) is 4.79. The molecule has 0 bridgehead atoms. The second kappa shape index (κ2) is 6.79. The Balaban J connectivity index is 1.53. The van der Waals surface area contributed by atoms with Gasteiger partial charge in [0.15, 0.2) is 12.2 Å². The summed E-state index contributed by atoms with van der Waals surface area (Å²) in [6, 6.07) is 12.2. The maximum Gasteiger partial charge on any atom is 0.255 e. The number of aromatic nitrogens is 1. The lowest BCUT2D eigenvalue weighted by Crippen LogP contribution is -2.34. The van der Waals surface area contributed by atoms with Crippen LogP contribution in [0.15, 0.2) is 59.5 Å². The Bertz CT molecular complexity index is 1120. The van der Waals surface area contributed by atoms with Gasteiger partial charge in [0.1, 0.15) is 0 Å². The number of carbonyl (C=O) groups excluding carboxylic acids is 1. The minimum atomic E-state index is -3.35. The fourth-order valence-electron chi connectivity index (χ4n) is 3.53. The first-order chi connectivity index (χ1) is 13.3. The summed E-state index contributed by atoms with van der Waals surface area (Å²) >= 11 is 0. The zero-order valence-electron chi connectivity index (χ0n) is 15.4. The molecule has 28 heavy (non-hydrogen) atoms. The Morgan fingerprint density at radius 3 is 2.61 bits per heavy atom. The van der Waals surface area contributed by atoms with Crippen molar-refractivity contribution in [3.05, 3.63) is 66.2 Å². The Hall–Kier alpha value is -3.13. The van der Waals surface area contributed by atoms with E-state index in [1.54, 1.807) is 36.5 Å². The SMILES string of the molecule is CC1Cc2cc(C(=O)Nc3ccc(-c4cnco4)cc3)ccc2N1S(C)(=O)=O. The van der Waals surface area contributed by atoms with Crippen molar-refractivity contribution in [2.75, 3.05) is 15.9 Å². The third-order valence-corrected chi connectivity index (χ3v) is 5.98. The van der Waals surface area contributed by atoms with Gasteiger partial charge in [0.2, 0.25) is 10.0 Å². The number of amides is 1. The first-order valence-corrected chi connectivity index (χ1v) is 10.6. The van der Waals surface area contributed by atoms with Gasteiger partial charge in [0.25, 0.3) is 5.91 Å². The lowest BCUT2D eigenvalue weighted by Gasteiger charge is -2.21. The molecule has 0 spiro atoms. The molecular weight excluding hydrogens is 378 g/mol. The quantitative estimate of drug-likeness (QED) is 0.729. The van der Waals surface area contributed by atoms with Gasteiger partial charge in [-0.2, -0.15) is 0 Å². The topological polar surface area (TPSA) is 92.5 Å². The molecule has 2 aromatic carbocycles. The maximum atomic E-state index is 12.6. The first kappa shape index (κ1) is 18.2. The molecule has 1 unspecified atom stereocenters. The zero-order valence-corrected chi connectivity index (χ0v) is 16.2. The average molecular weight is 397 g/mol. The van der Waals surface area contributed by atoms with E-state index in [-0.39, 0.29) is 11.9 Å². The molecule has 4 rings (SSSR count). The summed E-state index contributed by atoms with van der Waals surface area (Å²) in [6.45, 7) is 1.86. The molecule has 3 aromatic rings. The highest BCUT2D eigenvalue weighted by Gasteiger charge is 2.32. The Labute approximate surface area is 163 Å². The Morgan fingerprint density at radius 2 is 1.96 bits per heavy atom. The molecule has 1 N–H and O–H groups in total. The van der Waals surface area contributed by atoms with Crippen LogP contribution < -0.4 is 9.62 Å². The van der Waals surface area contributed by atoms with Crippen molar-refractivity contribution in [1.82, 2.24) is 4.98 Å². The van der Waals surface area contributed by atoms with E-state index < -0.39 is 10.0 Å². The van der Waals surface area contributed by atoms with Gasteiger partial charge in [-0.25, -0.2) is 13.4 Å². The van der Waals surface area contributed by atoms with E-state index in [1.807, 2.05) is 19.1 Å². The molecule has 0 aliphatic carbocycles. The molecule has 0 radical (unpaired) electrons. The molecule has 0 saturated carbocycles. The summed E-state index contributed by atoms with van der Waals surface area (Å²) in [5.41, 5.74) is 3.50. The summed E-state index contributed by atoms with van der Waals surface area (Å²) in [4.78, 5) is 16.5. The average Bonchev–Trinajstić information content (AvgIpc) is 3.27. The van der Waals surface area contributed by atoms with Gasteiger partial charge >= 0.3 is 0 Å². The van der Waals surface area contributed by atoms with Crippen LogP contribution in [0.4, 0.5) is 11.4 Å². The molecule has 1 aromatic heterocycles. The van der Waals surface area contributed by atoms with E-state index in [2.05, 4.69) is 10.3 Å². The van der Waals surface area contributed by atoms with E-state index in [9.17, 15) is 13.2 Å². The highest BCUT2D eigenvalue weighted by molar-refractivity contribution is 7.92. The highest BCUT2D eigenvalue weighted by atomic mass is 32.2. The van der Waals surface area contributed by atoms with Crippen LogP contribution in [-0.2, 0) is 16.4 Å². The van der Waals surface area contributed by atoms with Crippen molar-refractivity contribution in [2.24, 2.45) is 0 Å². The normalized spacial score (nSPS) is 16.1. The molecule has 144 valence electrons. The van der Waals surface area contributed by atoms with E-state index in [4.69, 9.17) is 4.42 Å². The highest BCUT2D eigenvalue weighted by Crippen LogP contribution is 2.34. The number of nitrogens with zero attached hydrogens (tertiary/aromatic N) is 2. The van der Waals surface area contributed by atoms with Gasteiger partial charge in [-0.05, 0) is 61.4 Å². The summed E-state index contributed by atoms with van der Waals surface area (Å²) < 4.78 is 30.7. The summed E-state index contributed by atoms with van der Waals surface area (Å²) in [5.74, 6) is 0.404. The lowest BCUT2D eigenvalue weighted by atomic mass is 10.1. The van der Waals surface area contributed by atoms with E-state index in [0.717, 1.165) is 11.1 Å². The summed E-state index contributed by atoms with van der Waals surface area (Å²) in [6.07, 6.45) is 4.76. The zero-order chi connectivity index (χ0) is 19.9. The fraction of sp³-hybridized carbons (Fsp3) is 0.200. The molecular formula is C20H19N3O4S. The lowest BCUT2D eigenvalue weighted by molar-refractivity contribution is 0.102. The largest absolute Gasteiger partial charge is 0.444 e. The predicted molar refractivity (Wildman–Crippen MR) is 107 cm³/mol. The van der Waals surface area contributed by atoms with Crippen molar-refractivity contribution < 1.29 is 17.6 Å². The number of nitrogens with one attached hydrogen (secondary N) is 1. The van der Waals surface area contributed by atoms with Gasteiger partial charge in [-0.15, -0.1) is 0 Å². The van der Waals surface area contributed by atoms with Crippen LogP contribution in [0, 0.1) is 0 Å². The second-order valence-corrected chi connectivity index (χ2v) is 8.71. The number of sulfonamides is 1. The van der Waals surface area contributed by atoms with Crippen LogP contribution in [0.5, 0.6) is 0 Å². The molecule has 8 heteroatoms. The number of benzene rings is 2. The van der Waals surface area contributed by atoms with Crippen LogP contribution in [0.3, 0.4) is 0 Å². The Kier molecular flexibility index (Phi) is 4.43. The van der Waals surface area contributed by atoms with Crippen LogP contribution in [0.25, 0.3) is 11.3 Å². The molecule has 7 nitrogen and oxygen atoms in total. The van der Waals surface area contributed by atoms with Gasteiger partial charge in [-0.3, -0.25) is 9.10 Å². The van der Waals surface area contributed by atoms with Gasteiger partial charge < -0.3 is 9.73 Å². The molecule has 1 amide bonds. The standard InChI is InChI=1S/C20H19N3O4S/c1-13-9-16-10-15(5-8-18(16)23(13)28(2,25)26)20(24)22-17-6-3-14(4-7-17)19-11-21-12-27-19/h3-8,10-13H,9H2,1-2H3,(H,22,24). The molecule has 1 aliphatic heterocycles. The summed E-state index contributed by atoms with van der Waals surface area (Å²) in [7, 11) is -3.35. The van der Waals surface area contributed by atoms with E-state index in [0.29, 0.717) is 29.1 Å². The molecule has 1 aliphatic rings. The monoisotopic (exact) mass is 397 g/mol. The maximum absolute atomic E-state index is 12.6. The van der Waals surface area contributed by atoms with Crippen LogP contribution in [-0.4, -0.2) is 31.6 Å². The number of rotatable bonds is 4. The number of hydrogen-bond acceptors (Lipinski definition) is 5. The second-order valence-electron chi connectivity index (χ2n) is 6.85. The summed E-state index contributed by atoms with van der Waals surface area (Å²) in [5, 5.41) is 2.86. The third kappa shape index (κ3) is 3.38. The Morgan fingerprint density at radius 1 is 1.21 bits per heavy atom. The van der Waals surface area contributed by atoms with Gasteiger partial charge in [-0.1, -0.05) is 0 Å². The van der Waals surface area contributed by atoms with Crippen molar-refractivity contribution in [3.63, 3.8) is 0 Å². The number of oxazole rings is 1. The predicted octanol–water partition coefficient (Wildman–Crippen LogP) is 3.30. The van der Waals surface area contributed by atoms with E-state index in [1.165, 1.54) is 17.0 Å². The van der Waals surface area contributed by atoms with Crippen molar-refractivity contribution in [3.8, 4) is 11.3 Å². The first-order valence-electron chi connectivity index (χ1n) is 8.75. The third-order valence-electron chi connectivity index (χ3n) is 4.71. The van der Waals surface area contributed by atoms with Crippen molar-refractivity contribution in [2.45, 2.75) is 19.4 Å². The molecule has 0 saturated heterocycles. The number of hydrogen-bond donors (Lipinski definition) is 1. The van der Waals surface area contributed by atoms with Crippen LogP contribution in [0.1, 0.15) is 22.8 Å². The molecule has 2 heterocycles. The van der Waals surface area contributed by atoms with E-state index >= 15 is 0 Å². The minimum Gasteiger partial charge on any atom is -0.444 e. The van der Waals surface area contributed by atoms with Crippen molar-refractivity contribution in [1.29, 1.82) is 0 Å². The minimum absolute atomic E-state index is 0.160. The smallest absolute Gasteiger partial charge is 0.255 e. The molecule has 0 fully saturated rings. The van der Waals surface area contributed by atoms with Crippen molar-refractivity contribution >= 4 is 27.3 Å².